The van der Waals surface area contributed by atoms with Gasteiger partial charge >= 0.3 is 167 Å². The summed E-state index contributed by atoms with van der Waals surface area (Å²) >= 11 is 0.196. The predicted octanol–water partition coefficient (Wildman–Crippen LogP) is 4.51. The van der Waals surface area contributed by atoms with E-state index in [4.69, 9.17) is 4.99 Å². The molecule has 1 aliphatic rings. The van der Waals surface area contributed by atoms with E-state index < -0.39 is 0 Å². The first-order chi connectivity index (χ1) is 13.3. The van der Waals surface area contributed by atoms with Gasteiger partial charge in [-0.2, -0.15) is 0 Å². The number of hydrogen-bond donors (Lipinski definition) is 0. The molecule has 1 aliphatic heterocycles. The molecule has 27 heavy (non-hydrogen) atoms. The van der Waals surface area contributed by atoms with Crippen LogP contribution in [-0.2, 0) is 0 Å². The van der Waals surface area contributed by atoms with Crippen LogP contribution in [0.1, 0.15) is 24.8 Å². The number of rotatable bonds is 3. The van der Waals surface area contributed by atoms with E-state index in [1.807, 2.05) is 0 Å². The molecule has 0 spiro atoms. The molecule has 0 atom stereocenters. The van der Waals surface area contributed by atoms with E-state index >= 15 is 0 Å². The van der Waals surface area contributed by atoms with Crippen molar-refractivity contribution in [1.29, 1.82) is 0 Å². The van der Waals surface area contributed by atoms with Crippen molar-refractivity contribution in [3.8, 4) is 21.1 Å². The van der Waals surface area contributed by atoms with Crippen LogP contribution in [0, 0.1) is 6.92 Å². The summed E-state index contributed by atoms with van der Waals surface area (Å²) in [5.74, 6) is 0. The predicted molar refractivity (Wildman–Crippen MR) is 114 cm³/mol. The molecule has 2 aromatic carbocycles. The van der Waals surface area contributed by atoms with E-state index in [0.29, 0.717) is 0 Å². The van der Waals surface area contributed by atoms with Crippen molar-refractivity contribution < 1.29 is 4.58 Å². The minimum atomic E-state index is 0.196. The van der Waals surface area contributed by atoms with Gasteiger partial charge in [0.2, 0.25) is 0 Å². The van der Waals surface area contributed by atoms with Crippen molar-refractivity contribution in [2.45, 2.75) is 26.2 Å². The van der Waals surface area contributed by atoms with Gasteiger partial charge in [-0.3, -0.25) is 0 Å². The van der Waals surface area contributed by atoms with Gasteiger partial charge in [-0.25, -0.2) is 0 Å². The summed E-state index contributed by atoms with van der Waals surface area (Å²) in [6.07, 6.45) is 6.00. The summed E-state index contributed by atoms with van der Waals surface area (Å²) in [5.41, 5.74) is 5.13. The maximum absolute atomic E-state index is 4.99. The first-order valence-corrected chi connectivity index (χ1v) is 11.4. The van der Waals surface area contributed by atoms with Crippen LogP contribution in [0.3, 0.4) is 0 Å². The Morgan fingerprint density at radius 3 is 2.30 bits per heavy atom. The van der Waals surface area contributed by atoms with Gasteiger partial charge in [-0.1, -0.05) is 0 Å². The number of piperidine rings is 1. The number of hydrogen-bond acceptors (Lipinski definition) is 0. The van der Waals surface area contributed by atoms with Crippen molar-refractivity contribution in [3.05, 3.63) is 76.5 Å². The summed E-state index contributed by atoms with van der Waals surface area (Å²) < 4.78 is 4.99. The quantitative estimate of drug-likeness (QED) is 0.337. The Morgan fingerprint density at radius 1 is 0.815 bits per heavy atom. The normalized spacial score (nSPS) is 15.0. The molecule has 2 nitrogen and oxygen atoms in total. The third kappa shape index (κ3) is 4.55. The van der Waals surface area contributed by atoms with E-state index in [0.717, 1.165) is 13.1 Å². The second kappa shape index (κ2) is 8.65. The molecule has 3 heteroatoms. The van der Waals surface area contributed by atoms with Crippen LogP contribution in [0.5, 0.6) is 0 Å². The molecule has 0 aliphatic carbocycles. The summed E-state index contributed by atoms with van der Waals surface area (Å²) in [5, 5.41) is 0. The fourth-order valence-corrected chi connectivity index (χ4v) is 5.48. The van der Waals surface area contributed by atoms with E-state index in [-0.39, 0.29) is 14.5 Å². The Bertz CT molecular complexity index is 991. The molecule has 2 heterocycles. The van der Waals surface area contributed by atoms with Crippen molar-refractivity contribution in [1.82, 2.24) is 0 Å². The first kappa shape index (κ1) is 18.2. The second-order valence-corrected chi connectivity index (χ2v) is 9.25. The van der Waals surface area contributed by atoms with Crippen LogP contribution < -0.4 is 4.23 Å². The molecule has 0 radical (unpaired) electrons. The van der Waals surface area contributed by atoms with E-state index in [9.17, 15) is 0 Å². The molecular formula is C24H25N2Se+. The molecule has 4 rings (SSSR count). The second-order valence-electron chi connectivity index (χ2n) is 7.09. The Hall–Kier alpha value is -2.22. The molecule has 136 valence electrons. The third-order valence-corrected chi connectivity index (χ3v) is 7.32. The Morgan fingerprint density at radius 2 is 1.56 bits per heavy atom. The number of nitrogens with zero attached hydrogens (tertiary/aromatic N) is 2. The van der Waals surface area contributed by atoms with E-state index in [1.54, 1.807) is 0 Å². The standard InChI is InChI=1S/C24H25N2Se/c1-19-10-12-21(13-11-19)23-15-14-22(20-8-4-2-5-9-20)24(27-23)25-18-26-16-6-3-7-17-26/h2,4-5,8-15,18H,3,6-7,16-17H2,1H3/q+1. The molecule has 3 aromatic rings. The van der Waals surface area contributed by atoms with Gasteiger partial charge in [0.1, 0.15) is 0 Å². The molecular weight excluding hydrogens is 395 g/mol. The monoisotopic (exact) mass is 421 g/mol. The Balaban J connectivity index is 1.81. The fraction of sp³-hybridized carbons (Fsp3) is 0.250. The van der Waals surface area contributed by atoms with Gasteiger partial charge in [0.05, 0.1) is 0 Å². The van der Waals surface area contributed by atoms with Crippen molar-refractivity contribution in [2.24, 2.45) is 4.99 Å². The molecule has 1 saturated heterocycles. The molecule has 0 bridgehead atoms. The van der Waals surface area contributed by atoms with Crippen LogP contribution in [0.4, 0.5) is 0 Å². The van der Waals surface area contributed by atoms with Gasteiger partial charge in [-0.05, 0) is 0 Å². The molecule has 1 fully saturated rings. The zero-order valence-corrected chi connectivity index (χ0v) is 17.5. The van der Waals surface area contributed by atoms with Crippen molar-refractivity contribution in [3.63, 3.8) is 0 Å². The van der Waals surface area contributed by atoms with Crippen LogP contribution >= 0.6 is 0 Å². The average Bonchev–Trinajstić information content (AvgIpc) is 2.74. The summed E-state index contributed by atoms with van der Waals surface area (Å²) in [7, 11) is 0. The third-order valence-electron chi connectivity index (χ3n) is 4.99. The van der Waals surface area contributed by atoms with Gasteiger partial charge < -0.3 is 0 Å². The topological polar surface area (TPSA) is 15.4 Å². The summed E-state index contributed by atoms with van der Waals surface area (Å²) in [6, 6.07) is 24.0. The van der Waals surface area contributed by atoms with Crippen LogP contribution in [0.15, 0.2) is 71.7 Å². The Labute approximate surface area is 167 Å². The number of aryl methyl sites for hydroxylation is 1. The molecule has 0 saturated carbocycles. The van der Waals surface area contributed by atoms with Crippen LogP contribution in [0.2, 0.25) is 0 Å². The van der Waals surface area contributed by atoms with Gasteiger partial charge in [0.25, 0.3) is 0 Å². The molecule has 0 amide bonds. The zero-order chi connectivity index (χ0) is 18.5. The van der Waals surface area contributed by atoms with Gasteiger partial charge in [0, 0.05) is 0 Å². The SMILES string of the molecule is Cc1ccc(-c2ccc(-c3ccccc3)c(=NC=[N+]3CCCCC3)[se]2)cc1. The minimum absolute atomic E-state index is 0.196. The Kier molecular flexibility index (Phi) is 5.81. The summed E-state index contributed by atoms with van der Waals surface area (Å²) in [4.78, 5) is 4.99. The average molecular weight is 420 g/mol. The summed E-state index contributed by atoms with van der Waals surface area (Å²) in [6.45, 7) is 4.40. The molecule has 0 N–H and O–H groups in total. The molecule has 0 unspecified atom stereocenters. The molecule has 1 aromatic heterocycles. The zero-order valence-electron chi connectivity index (χ0n) is 15.8. The fourth-order valence-electron chi connectivity index (χ4n) is 3.40. The van der Waals surface area contributed by atoms with E-state index in [2.05, 4.69) is 84.6 Å². The maximum atomic E-state index is 4.99. The van der Waals surface area contributed by atoms with E-state index in [1.165, 1.54) is 50.2 Å². The number of benzene rings is 2. The van der Waals surface area contributed by atoms with Crippen LogP contribution in [0.25, 0.3) is 21.1 Å². The van der Waals surface area contributed by atoms with Crippen molar-refractivity contribution >= 4 is 20.8 Å². The van der Waals surface area contributed by atoms with Crippen molar-refractivity contribution in [2.75, 3.05) is 13.1 Å². The van der Waals surface area contributed by atoms with Gasteiger partial charge in [0.15, 0.2) is 0 Å². The van der Waals surface area contributed by atoms with Crippen LogP contribution in [-0.4, -0.2) is 38.5 Å². The first-order valence-electron chi connectivity index (χ1n) is 9.67. The van der Waals surface area contributed by atoms with Gasteiger partial charge in [-0.15, -0.1) is 0 Å².